The highest BCUT2D eigenvalue weighted by Crippen LogP contribution is 2.32. The molecule has 7 heteroatoms. The Morgan fingerprint density at radius 2 is 2.29 bits per heavy atom. The van der Waals surface area contributed by atoms with Gasteiger partial charge in [0.25, 0.3) is 0 Å². The molecular formula is C14H13N3O2S2. The van der Waals surface area contributed by atoms with Gasteiger partial charge < -0.3 is 9.84 Å². The molecule has 3 aromatic rings. The van der Waals surface area contributed by atoms with Crippen molar-refractivity contribution in [1.82, 2.24) is 10.1 Å². The molecule has 1 N–H and O–H groups in total. The van der Waals surface area contributed by atoms with Crippen molar-refractivity contribution in [2.24, 2.45) is 0 Å². The third-order valence-electron chi connectivity index (χ3n) is 2.85. The van der Waals surface area contributed by atoms with E-state index in [9.17, 15) is 4.79 Å². The van der Waals surface area contributed by atoms with Crippen LogP contribution in [0.25, 0.3) is 10.7 Å². The summed E-state index contributed by atoms with van der Waals surface area (Å²) < 4.78 is 4.98. The van der Waals surface area contributed by atoms with Crippen LogP contribution in [-0.4, -0.2) is 16.0 Å². The maximum atomic E-state index is 12.0. The highest BCUT2D eigenvalue weighted by Gasteiger charge is 2.14. The predicted molar refractivity (Wildman–Crippen MR) is 83.7 cm³/mol. The third-order valence-corrected chi connectivity index (χ3v) is 4.78. The van der Waals surface area contributed by atoms with Crippen molar-refractivity contribution in [3.63, 3.8) is 0 Å². The second-order valence-corrected chi connectivity index (χ2v) is 6.81. The molecule has 3 aromatic heterocycles. The van der Waals surface area contributed by atoms with Crippen LogP contribution in [0.4, 0.5) is 5.69 Å². The lowest BCUT2D eigenvalue weighted by Crippen LogP contribution is -2.13. The monoisotopic (exact) mass is 319 g/mol. The largest absolute Gasteiger partial charge is 0.339 e. The van der Waals surface area contributed by atoms with Gasteiger partial charge in [0.15, 0.2) is 0 Å². The quantitative estimate of drug-likeness (QED) is 0.797. The number of hydrogen-bond acceptors (Lipinski definition) is 6. The van der Waals surface area contributed by atoms with E-state index >= 15 is 0 Å². The smallest absolute Gasteiger partial charge is 0.229 e. The maximum absolute atomic E-state index is 12.0. The summed E-state index contributed by atoms with van der Waals surface area (Å²) in [6.45, 7) is 3.71. The number of carbonyl (C=O) groups is 1. The van der Waals surface area contributed by atoms with Gasteiger partial charge >= 0.3 is 0 Å². The zero-order chi connectivity index (χ0) is 14.8. The van der Waals surface area contributed by atoms with Crippen molar-refractivity contribution in [2.75, 3.05) is 5.32 Å². The van der Waals surface area contributed by atoms with Crippen molar-refractivity contribution in [3.05, 3.63) is 39.2 Å². The first kappa shape index (κ1) is 14.0. The van der Waals surface area contributed by atoms with Gasteiger partial charge in [-0.3, -0.25) is 4.79 Å². The number of nitrogens with zero attached hydrogens (tertiary/aromatic N) is 2. The summed E-state index contributed by atoms with van der Waals surface area (Å²) in [4.78, 5) is 19.2. The zero-order valence-electron chi connectivity index (χ0n) is 11.5. The first-order valence-electron chi connectivity index (χ1n) is 6.35. The van der Waals surface area contributed by atoms with E-state index < -0.39 is 0 Å². The van der Waals surface area contributed by atoms with Gasteiger partial charge in [-0.05, 0) is 24.4 Å². The molecule has 21 heavy (non-hydrogen) atoms. The van der Waals surface area contributed by atoms with Gasteiger partial charge in [-0.2, -0.15) is 4.98 Å². The molecule has 0 bridgehead atoms. The number of aryl methyl sites for hydroxylation is 2. The normalized spacial score (nSPS) is 10.8. The molecule has 108 valence electrons. The summed E-state index contributed by atoms with van der Waals surface area (Å²) in [6.07, 6.45) is 0.392. The van der Waals surface area contributed by atoms with E-state index in [1.807, 2.05) is 30.5 Å². The summed E-state index contributed by atoms with van der Waals surface area (Å²) >= 11 is 3.11. The zero-order valence-corrected chi connectivity index (χ0v) is 13.2. The van der Waals surface area contributed by atoms with E-state index in [1.54, 1.807) is 18.3 Å². The standard InChI is InChI=1S/C14H13N3O2S2/c1-8-11(16-13(18)6-10-4-3-5-20-10)7-12(21-8)14-15-9(2)19-17-14/h3-5,7H,6H2,1-2H3,(H,16,18). The fourth-order valence-electron chi connectivity index (χ4n) is 1.88. The predicted octanol–water partition coefficient (Wildman–Crippen LogP) is 3.66. The van der Waals surface area contributed by atoms with Gasteiger partial charge in [0.2, 0.25) is 17.6 Å². The highest BCUT2D eigenvalue weighted by atomic mass is 32.1. The van der Waals surface area contributed by atoms with Gasteiger partial charge in [0, 0.05) is 16.7 Å². The van der Waals surface area contributed by atoms with Crippen molar-refractivity contribution in [3.8, 4) is 10.7 Å². The van der Waals surface area contributed by atoms with Crippen LogP contribution in [0, 0.1) is 13.8 Å². The first-order chi connectivity index (χ1) is 10.1. The van der Waals surface area contributed by atoms with Crippen LogP contribution < -0.4 is 5.32 Å². The molecule has 0 aromatic carbocycles. The van der Waals surface area contributed by atoms with Gasteiger partial charge in [0.05, 0.1) is 17.0 Å². The van der Waals surface area contributed by atoms with Crippen LogP contribution in [0.5, 0.6) is 0 Å². The van der Waals surface area contributed by atoms with Gasteiger partial charge in [-0.25, -0.2) is 0 Å². The molecule has 0 saturated carbocycles. The van der Waals surface area contributed by atoms with Gasteiger partial charge in [-0.15, -0.1) is 22.7 Å². The minimum absolute atomic E-state index is 0.0193. The molecule has 0 aliphatic heterocycles. The SMILES string of the molecule is Cc1nc(-c2cc(NC(=O)Cc3cccs3)c(C)s2)no1. The lowest BCUT2D eigenvalue weighted by atomic mass is 10.3. The number of amides is 1. The Bertz CT molecular complexity index is 759. The summed E-state index contributed by atoms with van der Waals surface area (Å²) in [5.41, 5.74) is 0.805. The Morgan fingerprint density at radius 3 is 2.95 bits per heavy atom. The minimum Gasteiger partial charge on any atom is -0.339 e. The summed E-state index contributed by atoms with van der Waals surface area (Å²) in [5, 5.41) is 8.80. The number of nitrogens with one attached hydrogen (secondary N) is 1. The Morgan fingerprint density at radius 1 is 1.43 bits per heavy atom. The number of hydrogen-bond donors (Lipinski definition) is 1. The fourth-order valence-corrected chi connectivity index (χ4v) is 3.49. The second-order valence-electron chi connectivity index (χ2n) is 4.52. The molecule has 1 amide bonds. The Hall–Kier alpha value is -1.99. The van der Waals surface area contributed by atoms with Crippen molar-refractivity contribution < 1.29 is 9.32 Å². The number of rotatable bonds is 4. The molecule has 3 rings (SSSR count). The lowest BCUT2D eigenvalue weighted by Gasteiger charge is -2.02. The number of carbonyl (C=O) groups excluding carboxylic acids is 1. The van der Waals surface area contributed by atoms with E-state index in [1.165, 1.54) is 11.3 Å². The molecule has 0 radical (unpaired) electrons. The summed E-state index contributed by atoms with van der Waals surface area (Å²) in [5.74, 6) is 1.06. The first-order valence-corrected chi connectivity index (χ1v) is 8.05. The van der Waals surface area contributed by atoms with Gasteiger partial charge in [0.1, 0.15) is 0 Å². The Labute approximate surface area is 129 Å². The number of anilines is 1. The van der Waals surface area contributed by atoms with Crippen LogP contribution in [0.3, 0.4) is 0 Å². The maximum Gasteiger partial charge on any atom is 0.229 e. The van der Waals surface area contributed by atoms with Crippen molar-refractivity contribution >= 4 is 34.3 Å². The van der Waals surface area contributed by atoms with E-state index in [4.69, 9.17) is 4.52 Å². The van der Waals surface area contributed by atoms with Crippen LogP contribution in [-0.2, 0) is 11.2 Å². The van der Waals surface area contributed by atoms with E-state index in [-0.39, 0.29) is 5.91 Å². The van der Waals surface area contributed by atoms with Crippen LogP contribution in [0.2, 0.25) is 0 Å². The lowest BCUT2D eigenvalue weighted by molar-refractivity contribution is -0.115. The van der Waals surface area contributed by atoms with Crippen LogP contribution in [0.1, 0.15) is 15.6 Å². The second kappa shape index (κ2) is 5.79. The average molecular weight is 319 g/mol. The Kier molecular flexibility index (Phi) is 3.85. The molecule has 5 nitrogen and oxygen atoms in total. The third kappa shape index (κ3) is 3.20. The molecule has 0 saturated heterocycles. The number of thiophene rings is 2. The molecular weight excluding hydrogens is 306 g/mol. The molecule has 0 aliphatic rings. The number of aromatic nitrogens is 2. The van der Waals surface area contributed by atoms with E-state index in [0.717, 1.165) is 20.3 Å². The minimum atomic E-state index is -0.0193. The van der Waals surface area contributed by atoms with Gasteiger partial charge in [-0.1, -0.05) is 11.2 Å². The van der Waals surface area contributed by atoms with E-state index in [2.05, 4.69) is 15.5 Å². The molecule has 3 heterocycles. The summed E-state index contributed by atoms with van der Waals surface area (Å²) in [7, 11) is 0. The molecule has 0 fully saturated rings. The molecule has 0 spiro atoms. The average Bonchev–Trinajstić information content (AvgIpc) is 3.13. The van der Waals surface area contributed by atoms with Crippen LogP contribution >= 0.6 is 22.7 Å². The summed E-state index contributed by atoms with van der Waals surface area (Å²) in [6, 6.07) is 5.79. The van der Waals surface area contributed by atoms with Crippen molar-refractivity contribution in [1.29, 1.82) is 0 Å². The molecule has 0 unspecified atom stereocenters. The topological polar surface area (TPSA) is 68.0 Å². The molecule has 0 atom stereocenters. The van der Waals surface area contributed by atoms with Crippen LogP contribution in [0.15, 0.2) is 28.1 Å². The highest BCUT2D eigenvalue weighted by molar-refractivity contribution is 7.16. The molecule has 0 aliphatic carbocycles. The Balaban J connectivity index is 1.74. The fraction of sp³-hybridized carbons (Fsp3) is 0.214. The van der Waals surface area contributed by atoms with Crippen molar-refractivity contribution in [2.45, 2.75) is 20.3 Å². The van der Waals surface area contributed by atoms with E-state index in [0.29, 0.717) is 18.1 Å².